The van der Waals surface area contributed by atoms with Gasteiger partial charge in [-0.05, 0) is 30.7 Å². The number of rotatable bonds is 6. The zero-order valence-corrected chi connectivity index (χ0v) is 15.3. The van der Waals surface area contributed by atoms with Gasteiger partial charge in [0, 0.05) is 12.6 Å². The molecule has 0 aliphatic heterocycles. The van der Waals surface area contributed by atoms with Gasteiger partial charge in [0.15, 0.2) is 5.96 Å². The van der Waals surface area contributed by atoms with Crippen molar-refractivity contribution >= 4 is 29.9 Å². The largest absolute Gasteiger partial charge is 0.370 e. The summed E-state index contributed by atoms with van der Waals surface area (Å²) in [7, 11) is 0. The van der Waals surface area contributed by atoms with E-state index >= 15 is 0 Å². The van der Waals surface area contributed by atoms with Crippen LogP contribution in [0.1, 0.15) is 39.7 Å². The van der Waals surface area contributed by atoms with E-state index in [4.69, 9.17) is 5.73 Å². The molecule has 3 nitrogen and oxygen atoms in total. The molecule has 1 unspecified atom stereocenters. The summed E-state index contributed by atoms with van der Waals surface area (Å²) < 4.78 is 0. The minimum atomic E-state index is 0. The van der Waals surface area contributed by atoms with Crippen LogP contribution in [0.4, 0.5) is 0 Å². The normalized spacial score (nSPS) is 13.5. The maximum Gasteiger partial charge on any atom is 0.188 e. The number of guanidine groups is 1. The lowest BCUT2D eigenvalue weighted by Gasteiger charge is -2.23. The van der Waals surface area contributed by atoms with Crippen LogP contribution in [0.5, 0.6) is 0 Å². The van der Waals surface area contributed by atoms with Gasteiger partial charge in [-0.15, -0.1) is 24.0 Å². The van der Waals surface area contributed by atoms with Crippen LogP contribution in [0, 0.1) is 5.41 Å². The van der Waals surface area contributed by atoms with Gasteiger partial charge in [-0.1, -0.05) is 51.1 Å². The van der Waals surface area contributed by atoms with Crippen LogP contribution in [-0.4, -0.2) is 18.5 Å². The van der Waals surface area contributed by atoms with Crippen molar-refractivity contribution in [3.63, 3.8) is 0 Å². The summed E-state index contributed by atoms with van der Waals surface area (Å²) >= 11 is 0. The Labute approximate surface area is 140 Å². The van der Waals surface area contributed by atoms with E-state index in [2.05, 4.69) is 62.3 Å². The first-order chi connectivity index (χ1) is 8.93. The van der Waals surface area contributed by atoms with Crippen molar-refractivity contribution in [1.29, 1.82) is 0 Å². The van der Waals surface area contributed by atoms with E-state index in [-0.39, 0.29) is 29.4 Å². The Morgan fingerprint density at radius 1 is 1.30 bits per heavy atom. The first-order valence-corrected chi connectivity index (χ1v) is 7.03. The van der Waals surface area contributed by atoms with E-state index < -0.39 is 0 Å². The van der Waals surface area contributed by atoms with E-state index in [9.17, 15) is 0 Å². The first-order valence-electron chi connectivity index (χ1n) is 7.03. The molecular formula is C16H28IN3. The van der Waals surface area contributed by atoms with E-state index in [1.165, 1.54) is 5.56 Å². The van der Waals surface area contributed by atoms with Gasteiger partial charge in [-0.2, -0.15) is 0 Å². The second-order valence-electron chi connectivity index (χ2n) is 5.98. The predicted octanol–water partition coefficient (Wildman–Crippen LogP) is 3.58. The van der Waals surface area contributed by atoms with Crippen molar-refractivity contribution in [3.05, 3.63) is 35.9 Å². The zero-order valence-electron chi connectivity index (χ0n) is 13.0. The average Bonchev–Trinajstić information content (AvgIpc) is 2.37. The molecule has 0 aliphatic rings. The molecule has 0 amide bonds. The van der Waals surface area contributed by atoms with Gasteiger partial charge in [-0.3, -0.25) is 4.99 Å². The first kappa shape index (κ1) is 19.2. The summed E-state index contributed by atoms with van der Waals surface area (Å²) in [6, 6.07) is 10.9. The lowest BCUT2D eigenvalue weighted by Crippen LogP contribution is -2.38. The van der Waals surface area contributed by atoms with E-state index in [1.54, 1.807) is 0 Å². The van der Waals surface area contributed by atoms with Crippen molar-refractivity contribution < 1.29 is 0 Å². The SMILES string of the molecule is CCC(C)NC(N)=NCC(C)(C)Cc1ccccc1.I. The van der Waals surface area contributed by atoms with Gasteiger partial charge in [0.25, 0.3) is 0 Å². The molecule has 0 aliphatic carbocycles. The van der Waals surface area contributed by atoms with Crippen LogP contribution in [0.15, 0.2) is 35.3 Å². The Hall–Kier alpha value is -0.780. The van der Waals surface area contributed by atoms with Gasteiger partial charge < -0.3 is 11.1 Å². The highest BCUT2D eigenvalue weighted by molar-refractivity contribution is 14.0. The average molecular weight is 389 g/mol. The van der Waals surface area contributed by atoms with Crippen LogP contribution in [0.25, 0.3) is 0 Å². The van der Waals surface area contributed by atoms with E-state index in [0.717, 1.165) is 19.4 Å². The molecule has 20 heavy (non-hydrogen) atoms. The molecule has 0 aromatic heterocycles. The third-order valence-corrected chi connectivity index (χ3v) is 3.21. The van der Waals surface area contributed by atoms with Gasteiger partial charge in [-0.25, -0.2) is 0 Å². The maximum atomic E-state index is 5.89. The van der Waals surface area contributed by atoms with Crippen molar-refractivity contribution in [2.45, 2.75) is 46.6 Å². The molecule has 0 saturated carbocycles. The number of benzene rings is 1. The molecule has 0 radical (unpaired) electrons. The van der Waals surface area contributed by atoms with Gasteiger partial charge in [0.05, 0.1) is 0 Å². The minimum absolute atomic E-state index is 0. The number of hydrogen-bond acceptors (Lipinski definition) is 1. The molecule has 1 rings (SSSR count). The Kier molecular flexibility index (Phi) is 8.85. The third-order valence-electron chi connectivity index (χ3n) is 3.21. The second-order valence-corrected chi connectivity index (χ2v) is 5.98. The molecule has 1 aromatic carbocycles. The quantitative estimate of drug-likeness (QED) is 0.444. The highest BCUT2D eigenvalue weighted by Crippen LogP contribution is 2.21. The van der Waals surface area contributed by atoms with E-state index in [0.29, 0.717) is 12.0 Å². The van der Waals surface area contributed by atoms with Crippen molar-refractivity contribution in [3.8, 4) is 0 Å². The number of aliphatic imine (C=N–C) groups is 1. The van der Waals surface area contributed by atoms with Gasteiger partial charge in [0.1, 0.15) is 0 Å². The van der Waals surface area contributed by atoms with Gasteiger partial charge >= 0.3 is 0 Å². The summed E-state index contributed by atoms with van der Waals surface area (Å²) in [5.41, 5.74) is 7.35. The molecule has 4 heteroatoms. The Morgan fingerprint density at radius 2 is 1.90 bits per heavy atom. The Balaban J connectivity index is 0.00000361. The smallest absolute Gasteiger partial charge is 0.188 e. The van der Waals surface area contributed by atoms with Crippen LogP contribution in [0.3, 0.4) is 0 Å². The second kappa shape index (κ2) is 9.21. The van der Waals surface area contributed by atoms with Crippen molar-refractivity contribution in [2.75, 3.05) is 6.54 Å². The van der Waals surface area contributed by atoms with Crippen LogP contribution >= 0.6 is 24.0 Å². The highest BCUT2D eigenvalue weighted by atomic mass is 127. The lowest BCUT2D eigenvalue weighted by molar-refractivity contribution is 0.377. The summed E-state index contributed by atoms with van der Waals surface area (Å²) in [6.07, 6.45) is 2.05. The van der Waals surface area contributed by atoms with Crippen molar-refractivity contribution in [1.82, 2.24) is 5.32 Å². The lowest BCUT2D eigenvalue weighted by atomic mass is 9.86. The molecular weight excluding hydrogens is 361 g/mol. The molecule has 3 N–H and O–H groups in total. The topological polar surface area (TPSA) is 50.4 Å². The number of hydrogen-bond donors (Lipinski definition) is 2. The fourth-order valence-electron chi connectivity index (χ4n) is 1.90. The van der Waals surface area contributed by atoms with Crippen LogP contribution in [0.2, 0.25) is 0 Å². The summed E-state index contributed by atoms with van der Waals surface area (Å²) in [5, 5.41) is 3.19. The monoisotopic (exact) mass is 389 g/mol. The number of nitrogens with two attached hydrogens (primary N) is 1. The fraction of sp³-hybridized carbons (Fsp3) is 0.562. The van der Waals surface area contributed by atoms with Crippen LogP contribution < -0.4 is 11.1 Å². The van der Waals surface area contributed by atoms with Crippen LogP contribution in [-0.2, 0) is 6.42 Å². The van der Waals surface area contributed by atoms with E-state index in [1.807, 2.05) is 6.07 Å². The minimum Gasteiger partial charge on any atom is -0.370 e. The molecule has 1 atom stereocenters. The molecule has 0 heterocycles. The fourth-order valence-corrected chi connectivity index (χ4v) is 1.90. The molecule has 114 valence electrons. The Bertz CT molecular complexity index is 401. The molecule has 1 aromatic rings. The summed E-state index contributed by atoms with van der Waals surface area (Å²) in [5.74, 6) is 0.551. The Morgan fingerprint density at radius 3 is 2.45 bits per heavy atom. The predicted molar refractivity (Wildman–Crippen MR) is 98.7 cm³/mol. The zero-order chi connectivity index (χ0) is 14.3. The number of nitrogens with zero attached hydrogens (tertiary/aromatic N) is 1. The molecule has 0 bridgehead atoms. The summed E-state index contributed by atoms with van der Waals surface area (Å²) in [6.45, 7) is 9.42. The maximum absolute atomic E-state index is 5.89. The highest BCUT2D eigenvalue weighted by Gasteiger charge is 2.18. The molecule has 0 fully saturated rings. The van der Waals surface area contributed by atoms with Crippen molar-refractivity contribution in [2.24, 2.45) is 16.1 Å². The molecule has 0 spiro atoms. The number of nitrogens with one attached hydrogen (secondary N) is 1. The number of halogens is 1. The van der Waals surface area contributed by atoms with Gasteiger partial charge in [0.2, 0.25) is 0 Å². The molecule has 0 saturated heterocycles. The third kappa shape index (κ3) is 7.72. The summed E-state index contributed by atoms with van der Waals surface area (Å²) in [4.78, 5) is 4.46. The standard InChI is InChI=1S/C16H27N3.HI/c1-5-13(2)19-15(17)18-12-16(3,4)11-14-9-7-6-8-10-14;/h6-10,13H,5,11-12H2,1-4H3,(H3,17,18,19);1H.